The molecule has 0 radical (unpaired) electrons. The molecule has 3 aromatic rings. The highest BCUT2D eigenvalue weighted by atomic mass is 19.1. The van der Waals surface area contributed by atoms with Crippen molar-refractivity contribution in [1.82, 2.24) is 20.1 Å². The van der Waals surface area contributed by atoms with Crippen LogP contribution in [0.25, 0.3) is 11.1 Å². The standard InChI is InChI=1S/C32H36FN5O3/c1-40-26-15-22(5-13-35-26)21-4-12-34-25(14-21)38(29(39)32-16-23(17-32)24(33)18-32)19-30-6-9-31(10-7-30,11-8-30)28-36-27(37-41-28)20-2-3-20/h4-5,12-15,20,23-24H,2-3,6-11,16-19H2,1H3. The number of pyridine rings is 2. The van der Waals surface area contributed by atoms with Gasteiger partial charge in [-0.25, -0.2) is 14.4 Å². The SMILES string of the molecule is COc1cc(-c2ccnc(N(CC34CCC(c5nc(C6CC6)no5)(CC3)CC4)C(=O)C34CC(F)C(C3)C4)c2)ccn1. The zero-order valence-electron chi connectivity index (χ0n) is 23.5. The van der Waals surface area contributed by atoms with Crippen molar-refractivity contribution in [2.75, 3.05) is 18.6 Å². The minimum atomic E-state index is -0.873. The molecule has 9 heteroatoms. The summed E-state index contributed by atoms with van der Waals surface area (Å²) < 4.78 is 25.8. The van der Waals surface area contributed by atoms with E-state index in [4.69, 9.17) is 19.2 Å². The van der Waals surface area contributed by atoms with Crippen molar-refractivity contribution < 1.29 is 18.4 Å². The Balaban J connectivity index is 1.09. The Hall–Kier alpha value is -3.36. The van der Waals surface area contributed by atoms with Crippen LogP contribution in [-0.4, -0.2) is 45.8 Å². The Morgan fingerprint density at radius 3 is 2.39 bits per heavy atom. The van der Waals surface area contributed by atoms with Crippen molar-refractivity contribution in [2.24, 2.45) is 16.7 Å². The highest BCUT2D eigenvalue weighted by Crippen LogP contribution is 2.62. The molecule has 7 aliphatic rings. The minimum Gasteiger partial charge on any atom is -0.481 e. The second-order valence-corrected chi connectivity index (χ2v) is 13.6. The fourth-order valence-electron chi connectivity index (χ4n) is 8.27. The number of halogens is 1. The maximum atomic E-state index is 14.6. The van der Waals surface area contributed by atoms with E-state index >= 15 is 0 Å². The summed E-state index contributed by atoms with van der Waals surface area (Å²) in [5.74, 6) is 3.44. The van der Waals surface area contributed by atoms with Crippen LogP contribution in [0.5, 0.6) is 5.88 Å². The summed E-state index contributed by atoms with van der Waals surface area (Å²) >= 11 is 0. The molecule has 7 fully saturated rings. The number of carbonyl (C=O) groups is 1. The number of aromatic nitrogens is 4. The quantitative estimate of drug-likeness (QED) is 0.327. The first-order valence-corrected chi connectivity index (χ1v) is 15.2. The van der Waals surface area contributed by atoms with E-state index in [2.05, 4.69) is 10.1 Å². The molecular formula is C32H36FN5O3. The average molecular weight is 558 g/mol. The summed E-state index contributed by atoms with van der Waals surface area (Å²) in [5.41, 5.74) is 1.26. The van der Waals surface area contributed by atoms with Crippen LogP contribution in [0.1, 0.15) is 88.3 Å². The van der Waals surface area contributed by atoms with Crippen LogP contribution >= 0.6 is 0 Å². The predicted molar refractivity (Wildman–Crippen MR) is 149 cm³/mol. The highest BCUT2D eigenvalue weighted by molar-refractivity contribution is 5.98. The molecule has 1 amide bonds. The van der Waals surface area contributed by atoms with E-state index in [9.17, 15) is 9.18 Å². The molecule has 4 bridgehead atoms. The molecule has 0 saturated heterocycles. The lowest BCUT2D eigenvalue weighted by Gasteiger charge is -2.53. The summed E-state index contributed by atoms with van der Waals surface area (Å²) in [6.45, 7) is 0.610. The van der Waals surface area contributed by atoms with Gasteiger partial charge in [-0.2, -0.15) is 4.98 Å². The molecule has 214 valence electrons. The van der Waals surface area contributed by atoms with Crippen LogP contribution in [0, 0.1) is 16.7 Å². The normalized spacial score (nSPS) is 33.4. The Morgan fingerprint density at radius 2 is 1.73 bits per heavy atom. The van der Waals surface area contributed by atoms with Crippen LogP contribution in [0.3, 0.4) is 0 Å². The van der Waals surface area contributed by atoms with Crippen LogP contribution < -0.4 is 9.64 Å². The summed E-state index contributed by atoms with van der Waals surface area (Å²) in [7, 11) is 1.60. The fraction of sp³-hybridized carbons (Fsp3) is 0.594. The number of amides is 1. The third kappa shape index (κ3) is 4.09. The van der Waals surface area contributed by atoms with Crippen LogP contribution in [-0.2, 0) is 10.2 Å². The summed E-state index contributed by atoms with van der Waals surface area (Å²) in [4.78, 5) is 30.1. The number of anilines is 1. The van der Waals surface area contributed by atoms with E-state index < -0.39 is 11.6 Å². The number of hydrogen-bond donors (Lipinski definition) is 0. The fourth-order valence-corrected chi connectivity index (χ4v) is 8.27. The molecule has 3 heterocycles. The molecule has 7 aliphatic carbocycles. The lowest BCUT2D eigenvalue weighted by atomic mass is 9.53. The molecule has 0 aromatic carbocycles. The monoisotopic (exact) mass is 557 g/mol. The molecule has 7 saturated carbocycles. The molecule has 0 N–H and O–H groups in total. The van der Waals surface area contributed by atoms with Crippen molar-refractivity contribution in [3.8, 4) is 17.0 Å². The van der Waals surface area contributed by atoms with Crippen LogP contribution in [0.15, 0.2) is 41.2 Å². The summed E-state index contributed by atoms with van der Waals surface area (Å²) in [6.07, 6.45) is 12.6. The number of rotatable bonds is 8. The van der Waals surface area contributed by atoms with Crippen molar-refractivity contribution in [3.63, 3.8) is 0 Å². The first-order chi connectivity index (χ1) is 19.9. The third-order valence-corrected chi connectivity index (χ3v) is 11.1. The van der Waals surface area contributed by atoms with E-state index in [1.165, 1.54) is 0 Å². The number of hydrogen-bond acceptors (Lipinski definition) is 7. The maximum absolute atomic E-state index is 14.6. The molecule has 1 unspecified atom stereocenters. The van der Waals surface area contributed by atoms with Crippen molar-refractivity contribution in [3.05, 3.63) is 48.4 Å². The Kier molecular flexibility index (Phi) is 5.61. The van der Waals surface area contributed by atoms with Crippen molar-refractivity contribution >= 4 is 11.7 Å². The first kappa shape index (κ1) is 25.4. The third-order valence-electron chi connectivity index (χ3n) is 11.1. The topological polar surface area (TPSA) is 94.2 Å². The zero-order chi connectivity index (χ0) is 27.8. The van der Waals surface area contributed by atoms with Gasteiger partial charge in [0.25, 0.3) is 0 Å². The number of alkyl halides is 1. The molecule has 3 aromatic heterocycles. The van der Waals surface area contributed by atoms with Gasteiger partial charge in [0.2, 0.25) is 17.7 Å². The van der Waals surface area contributed by atoms with Gasteiger partial charge in [-0.05, 0) is 111 Å². The Bertz CT molecular complexity index is 1470. The number of carbonyl (C=O) groups excluding carboxylic acids is 1. The molecule has 0 aliphatic heterocycles. The van der Waals surface area contributed by atoms with Gasteiger partial charge < -0.3 is 9.26 Å². The number of nitrogens with zero attached hydrogens (tertiary/aromatic N) is 5. The lowest BCUT2D eigenvalue weighted by molar-refractivity contribution is -0.132. The second-order valence-electron chi connectivity index (χ2n) is 13.6. The molecule has 0 spiro atoms. The van der Waals surface area contributed by atoms with E-state index in [1.807, 2.05) is 29.2 Å². The lowest BCUT2D eigenvalue weighted by Crippen LogP contribution is -2.54. The van der Waals surface area contributed by atoms with Gasteiger partial charge in [-0.3, -0.25) is 9.69 Å². The molecular weight excluding hydrogens is 521 g/mol. The van der Waals surface area contributed by atoms with Gasteiger partial charge >= 0.3 is 0 Å². The Labute approximate surface area is 239 Å². The highest BCUT2D eigenvalue weighted by Gasteiger charge is 2.62. The van der Waals surface area contributed by atoms with Crippen molar-refractivity contribution in [2.45, 2.75) is 88.1 Å². The van der Waals surface area contributed by atoms with Gasteiger partial charge in [0.15, 0.2) is 5.82 Å². The minimum absolute atomic E-state index is 0.00182. The van der Waals surface area contributed by atoms with E-state index in [-0.39, 0.29) is 22.7 Å². The van der Waals surface area contributed by atoms with Crippen LogP contribution in [0.2, 0.25) is 0 Å². The summed E-state index contributed by atoms with van der Waals surface area (Å²) in [6, 6.07) is 7.75. The number of fused-ring (bicyclic) bond motifs is 4. The van der Waals surface area contributed by atoms with E-state index in [0.29, 0.717) is 43.4 Å². The largest absolute Gasteiger partial charge is 0.481 e. The van der Waals surface area contributed by atoms with E-state index in [1.54, 1.807) is 19.5 Å². The predicted octanol–water partition coefficient (Wildman–Crippen LogP) is 6.18. The molecule has 1 atom stereocenters. The molecule has 8 nitrogen and oxygen atoms in total. The van der Waals surface area contributed by atoms with Gasteiger partial charge in [0.05, 0.1) is 12.5 Å². The second kappa shape index (κ2) is 9.07. The average Bonchev–Trinajstić information content (AvgIpc) is 3.48. The summed E-state index contributed by atoms with van der Waals surface area (Å²) in [5, 5.41) is 4.31. The van der Waals surface area contributed by atoms with Crippen LogP contribution in [0.4, 0.5) is 10.2 Å². The smallest absolute Gasteiger partial charge is 0.234 e. The van der Waals surface area contributed by atoms with Crippen molar-refractivity contribution in [1.29, 1.82) is 0 Å². The maximum Gasteiger partial charge on any atom is 0.234 e. The molecule has 10 rings (SSSR count). The Morgan fingerprint density at radius 1 is 1.02 bits per heavy atom. The van der Waals surface area contributed by atoms with Gasteiger partial charge in [-0.1, -0.05) is 5.16 Å². The van der Waals surface area contributed by atoms with Gasteiger partial charge in [0, 0.05) is 36.3 Å². The molecule has 41 heavy (non-hydrogen) atoms. The number of methoxy groups -OCH3 is 1. The van der Waals surface area contributed by atoms with Gasteiger partial charge in [0.1, 0.15) is 12.0 Å². The van der Waals surface area contributed by atoms with E-state index in [0.717, 1.165) is 74.2 Å². The zero-order valence-corrected chi connectivity index (χ0v) is 23.5. The number of ether oxygens (including phenoxy) is 1. The first-order valence-electron chi connectivity index (χ1n) is 15.2. The van der Waals surface area contributed by atoms with Gasteiger partial charge in [-0.15, -0.1) is 0 Å².